The number of para-hydroxylation sites is 1. The van der Waals surface area contributed by atoms with Gasteiger partial charge < -0.3 is 30.3 Å². The molecule has 1 heterocycles. The fraction of sp³-hybridized carbons (Fsp3) is 0.222. The summed E-state index contributed by atoms with van der Waals surface area (Å²) in [7, 11) is 0. The predicted molar refractivity (Wildman–Crippen MR) is 157 cm³/mol. The standard InChI is InChI=1S/C11H12N2O5.C9H10N2O4.C7H5NO4/c14-11(15)8-1-2-9(10(7-8)13(16)17)12-3-5-18-6-4-12;1-2-10-7-4-3-6(9(12)13)5-8(7)11(14)15;9-7(10)5-3-1-2-4-6(5)8(11)12/h1-2,7H,3-6H2,(H,14,15);3-5,10H,2H2,1H3,(H,12,13);1-4H,(H,9,10). The van der Waals surface area contributed by atoms with Crippen LogP contribution in [0.1, 0.15) is 38.0 Å². The van der Waals surface area contributed by atoms with Gasteiger partial charge in [-0.15, -0.1) is 0 Å². The summed E-state index contributed by atoms with van der Waals surface area (Å²) in [6, 6.07) is 12.9. The van der Waals surface area contributed by atoms with Crippen LogP contribution in [0.15, 0.2) is 60.7 Å². The smallest absolute Gasteiger partial charge is 0.342 e. The van der Waals surface area contributed by atoms with E-state index in [2.05, 4.69) is 5.32 Å². The molecule has 1 saturated heterocycles. The largest absolute Gasteiger partial charge is 0.478 e. The molecule has 238 valence electrons. The van der Waals surface area contributed by atoms with Gasteiger partial charge in [0.25, 0.3) is 17.1 Å². The zero-order valence-electron chi connectivity index (χ0n) is 23.5. The highest BCUT2D eigenvalue weighted by Crippen LogP contribution is 2.30. The Balaban J connectivity index is 0.000000240. The van der Waals surface area contributed by atoms with E-state index in [1.165, 1.54) is 42.5 Å². The molecule has 3 aromatic rings. The summed E-state index contributed by atoms with van der Waals surface area (Å²) in [5, 5.41) is 60.7. The van der Waals surface area contributed by atoms with Crippen molar-refractivity contribution in [1.82, 2.24) is 0 Å². The first kappa shape index (κ1) is 35.0. The number of nitro groups is 3. The number of nitro benzene ring substituents is 3. The summed E-state index contributed by atoms with van der Waals surface area (Å²) < 4.78 is 5.18. The number of nitrogens with zero attached hydrogens (tertiary/aromatic N) is 4. The number of hydrogen-bond acceptors (Lipinski definition) is 12. The molecule has 45 heavy (non-hydrogen) atoms. The third-order valence-electron chi connectivity index (χ3n) is 5.91. The molecule has 0 aliphatic carbocycles. The molecule has 1 fully saturated rings. The number of hydrogen-bond donors (Lipinski definition) is 4. The number of ether oxygens (including phenoxy) is 1. The second kappa shape index (κ2) is 16.5. The molecule has 3 aromatic carbocycles. The lowest BCUT2D eigenvalue weighted by molar-refractivity contribution is -0.385. The molecule has 0 bridgehead atoms. The molecule has 4 rings (SSSR count). The highest BCUT2D eigenvalue weighted by molar-refractivity contribution is 5.92. The van der Waals surface area contributed by atoms with Crippen LogP contribution in [0.25, 0.3) is 0 Å². The number of aromatic carboxylic acids is 3. The van der Waals surface area contributed by atoms with Gasteiger partial charge in [0.1, 0.15) is 16.9 Å². The van der Waals surface area contributed by atoms with Gasteiger partial charge in [-0.1, -0.05) is 12.1 Å². The van der Waals surface area contributed by atoms with Crippen LogP contribution in [0.3, 0.4) is 0 Å². The Labute approximate surface area is 253 Å². The Kier molecular flexibility index (Phi) is 12.8. The van der Waals surface area contributed by atoms with Crippen LogP contribution in [-0.2, 0) is 4.74 Å². The van der Waals surface area contributed by atoms with Crippen molar-refractivity contribution in [1.29, 1.82) is 0 Å². The van der Waals surface area contributed by atoms with Gasteiger partial charge >= 0.3 is 17.9 Å². The maximum Gasteiger partial charge on any atom is 0.342 e. The zero-order chi connectivity index (χ0) is 33.7. The zero-order valence-corrected chi connectivity index (χ0v) is 23.5. The van der Waals surface area contributed by atoms with Crippen LogP contribution in [-0.4, -0.2) is 80.8 Å². The Morgan fingerprint density at radius 2 is 1.27 bits per heavy atom. The minimum Gasteiger partial charge on any atom is -0.478 e. The fourth-order valence-corrected chi connectivity index (χ4v) is 3.84. The maximum atomic E-state index is 11.0. The van der Waals surface area contributed by atoms with Crippen molar-refractivity contribution in [3.8, 4) is 0 Å². The molecule has 0 atom stereocenters. The van der Waals surface area contributed by atoms with Crippen molar-refractivity contribution in [3.05, 3.63) is 108 Å². The van der Waals surface area contributed by atoms with E-state index in [9.17, 15) is 44.7 Å². The summed E-state index contributed by atoms with van der Waals surface area (Å²) >= 11 is 0. The molecule has 1 aliphatic heterocycles. The SMILES string of the molecule is CCNc1ccc(C(=O)O)cc1[N+](=O)[O-].O=C(O)c1ccc(N2CCOCC2)c([N+](=O)[O-])c1.O=C(O)c1ccccc1[N+](=O)[O-]. The van der Waals surface area contributed by atoms with Crippen LogP contribution in [0, 0.1) is 30.3 Å². The number of morpholine rings is 1. The second-order valence-corrected chi connectivity index (χ2v) is 8.77. The van der Waals surface area contributed by atoms with E-state index < -0.39 is 32.7 Å². The third-order valence-corrected chi connectivity index (χ3v) is 5.91. The molecular weight excluding hydrogens is 602 g/mol. The van der Waals surface area contributed by atoms with Gasteiger partial charge in [0, 0.05) is 37.8 Å². The molecule has 0 saturated carbocycles. The molecule has 18 heteroatoms. The predicted octanol–water partition coefficient (Wildman–Crippen LogP) is 4.15. The lowest BCUT2D eigenvalue weighted by atomic mass is 10.1. The van der Waals surface area contributed by atoms with E-state index in [0.29, 0.717) is 44.2 Å². The number of carbonyl (C=O) groups is 3. The first-order valence-electron chi connectivity index (χ1n) is 12.8. The fourth-order valence-electron chi connectivity index (χ4n) is 3.84. The van der Waals surface area contributed by atoms with Crippen LogP contribution in [0.2, 0.25) is 0 Å². The minimum atomic E-state index is -1.29. The van der Waals surface area contributed by atoms with Crippen LogP contribution >= 0.6 is 0 Å². The van der Waals surface area contributed by atoms with Crippen molar-refractivity contribution in [2.45, 2.75) is 6.92 Å². The van der Waals surface area contributed by atoms with Gasteiger partial charge in [-0.3, -0.25) is 30.3 Å². The second-order valence-electron chi connectivity index (χ2n) is 8.77. The van der Waals surface area contributed by atoms with Crippen molar-refractivity contribution in [2.75, 3.05) is 43.1 Å². The van der Waals surface area contributed by atoms with E-state index in [4.69, 9.17) is 20.1 Å². The summed E-state index contributed by atoms with van der Waals surface area (Å²) in [5.74, 6) is -3.64. The minimum absolute atomic E-state index is 0.0845. The van der Waals surface area contributed by atoms with Gasteiger partial charge in [-0.25, -0.2) is 14.4 Å². The molecule has 0 amide bonds. The van der Waals surface area contributed by atoms with Crippen molar-refractivity contribution >= 4 is 46.3 Å². The van der Waals surface area contributed by atoms with Crippen LogP contribution in [0.4, 0.5) is 28.4 Å². The number of anilines is 2. The molecule has 0 aromatic heterocycles. The Morgan fingerprint density at radius 3 is 1.73 bits per heavy atom. The Morgan fingerprint density at radius 1 is 0.756 bits per heavy atom. The number of nitrogens with one attached hydrogen (secondary N) is 1. The first-order chi connectivity index (χ1) is 21.3. The molecule has 1 aliphatic rings. The van der Waals surface area contributed by atoms with Gasteiger partial charge in [-0.05, 0) is 37.3 Å². The lowest BCUT2D eigenvalue weighted by Gasteiger charge is -2.28. The topological polar surface area (TPSA) is 266 Å². The third kappa shape index (κ3) is 9.96. The Hall–Kier alpha value is -6.17. The summed E-state index contributed by atoms with van der Waals surface area (Å²) in [5.41, 5.74) is -0.496. The number of carboxylic acids is 3. The van der Waals surface area contributed by atoms with Crippen LogP contribution < -0.4 is 10.2 Å². The molecule has 0 spiro atoms. The van der Waals surface area contributed by atoms with Gasteiger partial charge in [0.05, 0.1) is 39.1 Å². The van der Waals surface area contributed by atoms with Crippen molar-refractivity contribution in [3.63, 3.8) is 0 Å². The summed E-state index contributed by atoms with van der Waals surface area (Å²) in [4.78, 5) is 63.7. The molecule has 4 N–H and O–H groups in total. The van der Waals surface area contributed by atoms with E-state index in [-0.39, 0.29) is 33.8 Å². The monoisotopic (exact) mass is 629 g/mol. The highest BCUT2D eigenvalue weighted by atomic mass is 16.6. The average molecular weight is 630 g/mol. The quantitative estimate of drug-likeness (QED) is 0.191. The summed E-state index contributed by atoms with van der Waals surface area (Å²) in [6.07, 6.45) is 0. The number of rotatable bonds is 9. The lowest BCUT2D eigenvalue weighted by Crippen LogP contribution is -2.36. The van der Waals surface area contributed by atoms with Gasteiger partial charge in [0.2, 0.25) is 0 Å². The van der Waals surface area contributed by atoms with E-state index in [0.717, 1.165) is 18.2 Å². The van der Waals surface area contributed by atoms with E-state index in [1.807, 2.05) is 4.90 Å². The molecule has 0 radical (unpaired) electrons. The van der Waals surface area contributed by atoms with Gasteiger partial charge in [0.15, 0.2) is 0 Å². The molecule has 0 unspecified atom stereocenters. The van der Waals surface area contributed by atoms with Crippen LogP contribution in [0.5, 0.6) is 0 Å². The van der Waals surface area contributed by atoms with E-state index in [1.54, 1.807) is 6.92 Å². The molecule has 18 nitrogen and oxygen atoms in total. The normalized spacial score (nSPS) is 11.9. The molecular formula is C27H27N5O13. The van der Waals surface area contributed by atoms with Crippen molar-refractivity contribution < 1.29 is 49.2 Å². The number of benzene rings is 3. The van der Waals surface area contributed by atoms with Crippen molar-refractivity contribution in [2.24, 2.45) is 0 Å². The average Bonchev–Trinajstić information content (AvgIpc) is 3.01. The highest BCUT2D eigenvalue weighted by Gasteiger charge is 2.23. The maximum absolute atomic E-state index is 11.0. The first-order valence-corrected chi connectivity index (χ1v) is 12.8. The summed E-state index contributed by atoms with van der Waals surface area (Å²) in [6.45, 7) is 4.48. The van der Waals surface area contributed by atoms with E-state index >= 15 is 0 Å². The Bertz CT molecular complexity index is 1560. The van der Waals surface area contributed by atoms with Gasteiger partial charge in [-0.2, -0.15) is 0 Å². The number of carboxylic acid groups (broad SMARTS) is 3.